The number of piperazine rings is 1. The number of hydrogen-bond donors (Lipinski definition) is 1. The first-order chi connectivity index (χ1) is 11.7. The normalized spacial score (nSPS) is 15.2. The van der Waals surface area contributed by atoms with Crippen molar-refractivity contribution >= 4 is 33.4 Å². The van der Waals surface area contributed by atoms with E-state index in [0.717, 1.165) is 0 Å². The number of methoxy groups -OCH3 is 1. The van der Waals surface area contributed by atoms with Gasteiger partial charge in [-0.25, -0.2) is 13.1 Å². The lowest BCUT2D eigenvalue weighted by molar-refractivity contribution is -0.137. The highest BCUT2D eigenvalue weighted by atomic mass is 35.5. The number of rotatable bonds is 5. The zero-order valence-corrected chi connectivity index (χ0v) is 15.6. The minimum atomic E-state index is -3.87. The summed E-state index contributed by atoms with van der Waals surface area (Å²) >= 11 is 5.93. The minimum Gasteiger partial charge on any atom is -0.495 e. The van der Waals surface area contributed by atoms with Crippen LogP contribution in [-0.4, -0.2) is 69.9 Å². The van der Waals surface area contributed by atoms with E-state index in [0.29, 0.717) is 31.9 Å². The molecule has 0 atom stereocenters. The molecule has 0 radical (unpaired) electrons. The Morgan fingerprint density at radius 3 is 2.32 bits per heavy atom. The fraction of sp³-hybridized carbons (Fsp3) is 0.467. The fourth-order valence-electron chi connectivity index (χ4n) is 2.44. The number of nitrogens with zero attached hydrogens (tertiary/aromatic N) is 2. The number of ether oxygens (including phenoxy) is 1. The number of sulfonamides is 1. The van der Waals surface area contributed by atoms with Gasteiger partial charge in [-0.3, -0.25) is 9.59 Å². The van der Waals surface area contributed by atoms with E-state index in [4.69, 9.17) is 16.3 Å². The second-order valence-electron chi connectivity index (χ2n) is 5.51. The first kappa shape index (κ1) is 19.5. The number of halogens is 1. The summed E-state index contributed by atoms with van der Waals surface area (Å²) in [6.07, 6.45) is 0. The van der Waals surface area contributed by atoms with Crippen LogP contribution in [0.15, 0.2) is 23.1 Å². The summed E-state index contributed by atoms with van der Waals surface area (Å²) in [6, 6.07) is 4.06. The molecule has 0 aromatic heterocycles. The summed E-state index contributed by atoms with van der Waals surface area (Å²) in [7, 11) is -2.44. The van der Waals surface area contributed by atoms with Crippen LogP contribution in [-0.2, 0) is 19.6 Å². The van der Waals surface area contributed by atoms with Gasteiger partial charge in [-0.1, -0.05) is 11.6 Å². The molecule has 2 rings (SSSR count). The van der Waals surface area contributed by atoms with Gasteiger partial charge in [0.25, 0.3) is 0 Å². The van der Waals surface area contributed by atoms with Crippen molar-refractivity contribution in [2.75, 3.05) is 39.8 Å². The zero-order chi connectivity index (χ0) is 18.6. The van der Waals surface area contributed by atoms with Gasteiger partial charge in [0, 0.05) is 33.1 Å². The molecule has 1 N–H and O–H groups in total. The summed E-state index contributed by atoms with van der Waals surface area (Å²) in [4.78, 5) is 26.6. The third kappa shape index (κ3) is 4.83. The summed E-state index contributed by atoms with van der Waals surface area (Å²) < 4.78 is 31.8. The van der Waals surface area contributed by atoms with Crippen molar-refractivity contribution in [1.29, 1.82) is 0 Å². The Balaban J connectivity index is 1.94. The topological polar surface area (TPSA) is 96.0 Å². The van der Waals surface area contributed by atoms with Gasteiger partial charge in [-0.15, -0.1) is 0 Å². The second kappa shape index (κ2) is 8.03. The van der Waals surface area contributed by atoms with Crippen molar-refractivity contribution in [1.82, 2.24) is 14.5 Å². The first-order valence-corrected chi connectivity index (χ1v) is 9.47. The summed E-state index contributed by atoms with van der Waals surface area (Å²) in [5, 5.41) is 0.164. The Labute approximate surface area is 151 Å². The molecule has 0 bridgehead atoms. The van der Waals surface area contributed by atoms with E-state index in [-0.39, 0.29) is 28.3 Å². The lowest BCUT2D eigenvalue weighted by Crippen LogP contribution is -2.52. The maximum absolute atomic E-state index is 12.3. The fourth-order valence-corrected chi connectivity index (χ4v) is 3.76. The van der Waals surface area contributed by atoms with Crippen LogP contribution in [0, 0.1) is 0 Å². The van der Waals surface area contributed by atoms with Crippen LogP contribution in [0.1, 0.15) is 6.92 Å². The van der Waals surface area contributed by atoms with Gasteiger partial charge in [0.1, 0.15) is 5.75 Å². The van der Waals surface area contributed by atoms with E-state index < -0.39 is 10.0 Å². The third-order valence-electron chi connectivity index (χ3n) is 3.92. The van der Waals surface area contributed by atoms with Crippen molar-refractivity contribution in [3.05, 3.63) is 23.2 Å². The number of carbonyl (C=O) groups is 2. The van der Waals surface area contributed by atoms with Crippen molar-refractivity contribution < 1.29 is 22.7 Å². The van der Waals surface area contributed by atoms with Gasteiger partial charge in [-0.2, -0.15) is 0 Å². The van der Waals surface area contributed by atoms with Crippen LogP contribution >= 0.6 is 11.6 Å². The van der Waals surface area contributed by atoms with Crippen LogP contribution in [0.4, 0.5) is 0 Å². The Kier molecular flexibility index (Phi) is 6.26. The van der Waals surface area contributed by atoms with Gasteiger partial charge >= 0.3 is 0 Å². The maximum atomic E-state index is 12.3. The van der Waals surface area contributed by atoms with Crippen LogP contribution in [0.3, 0.4) is 0 Å². The lowest BCUT2D eigenvalue weighted by Gasteiger charge is -2.34. The molecule has 1 aromatic carbocycles. The van der Waals surface area contributed by atoms with Crippen LogP contribution < -0.4 is 9.46 Å². The largest absolute Gasteiger partial charge is 0.495 e. The summed E-state index contributed by atoms with van der Waals surface area (Å²) in [5.74, 6) is -0.0180. The zero-order valence-electron chi connectivity index (χ0n) is 14.0. The Hall–Kier alpha value is -1.84. The predicted octanol–water partition coefficient (Wildman–Crippen LogP) is 0.318. The molecule has 1 saturated heterocycles. The van der Waals surface area contributed by atoms with Crippen molar-refractivity contribution in [2.24, 2.45) is 0 Å². The van der Waals surface area contributed by atoms with Gasteiger partial charge in [0.05, 0.1) is 23.6 Å². The molecule has 2 amide bonds. The second-order valence-corrected chi connectivity index (χ2v) is 7.68. The van der Waals surface area contributed by atoms with Gasteiger partial charge in [0.15, 0.2) is 0 Å². The molecular formula is C15H20ClN3O5S. The average molecular weight is 390 g/mol. The number of amides is 2. The van der Waals surface area contributed by atoms with E-state index in [9.17, 15) is 18.0 Å². The number of carbonyl (C=O) groups excluding carboxylic acids is 2. The maximum Gasteiger partial charge on any atom is 0.241 e. The summed E-state index contributed by atoms with van der Waals surface area (Å²) in [5.41, 5.74) is 0. The van der Waals surface area contributed by atoms with Gasteiger partial charge in [-0.05, 0) is 18.2 Å². The smallest absolute Gasteiger partial charge is 0.241 e. The molecule has 25 heavy (non-hydrogen) atoms. The van der Waals surface area contributed by atoms with E-state index in [1.54, 1.807) is 4.90 Å². The first-order valence-electron chi connectivity index (χ1n) is 7.61. The molecule has 1 fully saturated rings. The molecular weight excluding hydrogens is 370 g/mol. The monoisotopic (exact) mass is 389 g/mol. The molecule has 0 spiro atoms. The summed E-state index contributed by atoms with van der Waals surface area (Å²) in [6.45, 7) is 2.78. The third-order valence-corrected chi connectivity index (χ3v) is 5.62. The molecule has 1 aliphatic rings. The molecule has 0 saturated carbocycles. The highest BCUT2D eigenvalue weighted by Gasteiger charge is 2.24. The van der Waals surface area contributed by atoms with E-state index in [1.807, 2.05) is 0 Å². The average Bonchev–Trinajstić information content (AvgIpc) is 2.59. The Bertz CT molecular complexity index is 760. The molecule has 0 aliphatic carbocycles. The standard InChI is InChI=1S/C15H20ClN3O5S/c1-11(20)18-5-7-19(8-6-18)15(21)10-17-25(22,23)12-3-4-14(24-2)13(16)9-12/h3-4,9,17H,5-8,10H2,1-2H3. The molecule has 1 heterocycles. The highest BCUT2D eigenvalue weighted by molar-refractivity contribution is 7.89. The Morgan fingerprint density at radius 1 is 1.20 bits per heavy atom. The quantitative estimate of drug-likeness (QED) is 0.782. The van der Waals surface area contributed by atoms with Gasteiger partial charge in [0.2, 0.25) is 21.8 Å². The van der Waals surface area contributed by atoms with Crippen molar-refractivity contribution in [3.63, 3.8) is 0 Å². The van der Waals surface area contributed by atoms with Crippen LogP contribution in [0.2, 0.25) is 5.02 Å². The predicted molar refractivity (Wildman–Crippen MR) is 92.0 cm³/mol. The lowest BCUT2D eigenvalue weighted by atomic mass is 10.3. The number of nitrogens with one attached hydrogen (secondary N) is 1. The number of hydrogen-bond acceptors (Lipinski definition) is 5. The van der Waals surface area contributed by atoms with E-state index in [2.05, 4.69) is 4.72 Å². The van der Waals surface area contributed by atoms with E-state index in [1.165, 1.54) is 37.1 Å². The minimum absolute atomic E-state index is 0.0378. The highest BCUT2D eigenvalue weighted by Crippen LogP contribution is 2.26. The van der Waals surface area contributed by atoms with Crippen molar-refractivity contribution in [2.45, 2.75) is 11.8 Å². The van der Waals surface area contributed by atoms with Crippen LogP contribution in [0.25, 0.3) is 0 Å². The van der Waals surface area contributed by atoms with Gasteiger partial charge < -0.3 is 14.5 Å². The molecule has 0 unspecified atom stereocenters. The molecule has 1 aliphatic heterocycles. The molecule has 10 heteroatoms. The van der Waals surface area contributed by atoms with E-state index >= 15 is 0 Å². The molecule has 1 aromatic rings. The van der Waals surface area contributed by atoms with Crippen LogP contribution in [0.5, 0.6) is 5.75 Å². The molecule has 8 nitrogen and oxygen atoms in total. The number of benzene rings is 1. The SMILES string of the molecule is COc1ccc(S(=O)(=O)NCC(=O)N2CCN(C(C)=O)CC2)cc1Cl. The Morgan fingerprint density at radius 2 is 1.80 bits per heavy atom. The molecule has 138 valence electrons. The van der Waals surface area contributed by atoms with Crippen molar-refractivity contribution in [3.8, 4) is 5.75 Å².